The summed E-state index contributed by atoms with van der Waals surface area (Å²) in [4.78, 5) is 55.5. The number of nitrogens with two attached hydrogens (primary N) is 1. The van der Waals surface area contributed by atoms with Crippen LogP contribution in [0.25, 0.3) is 0 Å². The highest BCUT2D eigenvalue weighted by Gasteiger charge is 2.35. The van der Waals surface area contributed by atoms with Gasteiger partial charge < -0.3 is 30.5 Å². The van der Waals surface area contributed by atoms with Crippen LogP contribution in [0, 0.1) is 5.82 Å². The van der Waals surface area contributed by atoms with Crippen molar-refractivity contribution in [3.05, 3.63) is 58.9 Å². The first-order valence-electron chi connectivity index (χ1n) is 17.2. The van der Waals surface area contributed by atoms with E-state index in [1.54, 1.807) is 9.80 Å². The smallest absolute Gasteiger partial charge is 0.254 e. The summed E-state index contributed by atoms with van der Waals surface area (Å²) < 4.78 is 20.9. The predicted molar refractivity (Wildman–Crippen MR) is 177 cm³/mol. The Balaban J connectivity index is 1.38. The first-order valence-corrected chi connectivity index (χ1v) is 17.2. The van der Waals surface area contributed by atoms with Gasteiger partial charge in [-0.3, -0.25) is 19.2 Å². The predicted octanol–water partition coefficient (Wildman–Crippen LogP) is 3.82. The van der Waals surface area contributed by atoms with E-state index in [1.165, 1.54) is 19.4 Å². The average Bonchev–Trinajstić information content (AvgIpc) is 3.56. The van der Waals surface area contributed by atoms with E-state index in [0.29, 0.717) is 17.9 Å². The number of rotatable bonds is 10. The van der Waals surface area contributed by atoms with Crippen molar-refractivity contribution in [2.24, 2.45) is 0 Å². The normalized spacial score (nSPS) is 20.3. The molecule has 254 valence electrons. The van der Waals surface area contributed by atoms with Crippen molar-refractivity contribution < 1.29 is 33.6 Å². The van der Waals surface area contributed by atoms with Gasteiger partial charge in [0, 0.05) is 62.3 Å². The van der Waals surface area contributed by atoms with Crippen molar-refractivity contribution in [3.63, 3.8) is 0 Å². The Morgan fingerprint density at radius 2 is 1.77 bits per heavy atom. The van der Waals surface area contributed by atoms with E-state index in [0.717, 1.165) is 68.6 Å². The summed E-state index contributed by atoms with van der Waals surface area (Å²) in [7, 11) is 0. The average molecular weight is 651 g/mol. The minimum atomic E-state index is -0.637. The van der Waals surface area contributed by atoms with Gasteiger partial charge in [0.05, 0.1) is 12.6 Å². The summed E-state index contributed by atoms with van der Waals surface area (Å²) in [5.74, 6) is -0.443. The van der Waals surface area contributed by atoms with Crippen LogP contribution in [0.1, 0.15) is 104 Å². The van der Waals surface area contributed by atoms with E-state index in [-0.39, 0.29) is 67.2 Å². The molecule has 3 fully saturated rings. The second-order valence-electron chi connectivity index (χ2n) is 13.5. The lowest BCUT2D eigenvalue weighted by molar-refractivity contribution is -0.638. The summed E-state index contributed by atoms with van der Waals surface area (Å²) in [6.07, 6.45) is 7.42. The molecule has 0 radical (unpaired) electrons. The first kappa shape index (κ1) is 34.3. The largest absolute Gasteiger partial charge is 0.484 e. The third-order valence-corrected chi connectivity index (χ3v) is 9.37. The lowest BCUT2D eigenvalue weighted by atomic mass is 9.83. The summed E-state index contributed by atoms with van der Waals surface area (Å²) in [6.45, 7) is 7.81. The second-order valence-corrected chi connectivity index (χ2v) is 13.5. The van der Waals surface area contributed by atoms with Crippen LogP contribution in [0.4, 0.5) is 10.1 Å². The van der Waals surface area contributed by atoms with E-state index in [2.05, 4.69) is 16.0 Å². The molecule has 3 aliphatic rings. The summed E-state index contributed by atoms with van der Waals surface area (Å²) in [6, 6.07) is 9.14. The Bertz CT molecular complexity index is 1450. The van der Waals surface area contributed by atoms with Crippen LogP contribution in [0.5, 0.6) is 5.75 Å². The standard InChI is InChI=1S/C36H48FN5O5/c1-23(2)39-34(44)12-10-30-22-41(35(45)27-17-28(37)20-29(18-27)40-24(3)43)15-16-42(30)36(46)26-9-11-33(47-31-13-14-38-21-31)32(19-26)25-7-5-4-6-8-25/h9,11,17-20,23,25,30-31,38H,4-8,10,12-16,21-22H2,1-3H3,(H,39,44)(H,40,43)/p+1/t30?,31-/m0/s1. The van der Waals surface area contributed by atoms with E-state index >= 15 is 0 Å². The molecule has 2 saturated heterocycles. The number of halogens is 1. The number of anilines is 1. The number of quaternary nitrogens is 1. The molecule has 10 nitrogen and oxygen atoms in total. The quantitative estimate of drug-likeness (QED) is 0.361. The maximum atomic E-state index is 14.4. The zero-order valence-corrected chi connectivity index (χ0v) is 27.9. The highest BCUT2D eigenvalue weighted by Crippen LogP contribution is 2.39. The van der Waals surface area contributed by atoms with Crippen molar-refractivity contribution in [2.45, 2.75) is 96.2 Å². The maximum absolute atomic E-state index is 14.4. The minimum absolute atomic E-state index is 0.0171. The van der Waals surface area contributed by atoms with E-state index in [4.69, 9.17) is 4.74 Å². The molecule has 2 aromatic carbocycles. The van der Waals surface area contributed by atoms with Gasteiger partial charge in [-0.05, 0) is 81.0 Å². The number of amides is 4. The third-order valence-electron chi connectivity index (χ3n) is 9.37. The Morgan fingerprint density at radius 3 is 2.47 bits per heavy atom. The van der Waals surface area contributed by atoms with E-state index < -0.39 is 17.8 Å². The number of nitrogens with zero attached hydrogens (tertiary/aromatic N) is 2. The van der Waals surface area contributed by atoms with Crippen molar-refractivity contribution in [3.8, 4) is 5.75 Å². The zero-order valence-electron chi connectivity index (χ0n) is 27.9. The number of carbonyl (C=O) groups excluding carboxylic acids is 4. The van der Waals surface area contributed by atoms with Crippen LogP contribution < -0.4 is 20.7 Å². The van der Waals surface area contributed by atoms with Crippen molar-refractivity contribution in [2.75, 3.05) is 38.0 Å². The molecule has 11 heteroatoms. The Kier molecular flexibility index (Phi) is 11.5. The lowest BCUT2D eigenvalue weighted by Gasteiger charge is -2.42. The van der Waals surface area contributed by atoms with Gasteiger partial charge >= 0.3 is 0 Å². The van der Waals surface area contributed by atoms with Gasteiger partial charge in [0.1, 0.15) is 18.1 Å². The number of hydrogen-bond donors (Lipinski definition) is 3. The topological polar surface area (TPSA) is 125 Å². The highest BCUT2D eigenvalue weighted by atomic mass is 19.1. The van der Waals surface area contributed by atoms with Crippen LogP contribution in [0.3, 0.4) is 0 Å². The van der Waals surface area contributed by atoms with Crippen molar-refractivity contribution >= 4 is 29.3 Å². The molecule has 0 spiro atoms. The number of hydrogen-bond acceptors (Lipinski definition) is 5. The molecule has 0 aromatic heterocycles. The Hall–Kier alpha value is -3.99. The van der Waals surface area contributed by atoms with Gasteiger partial charge in [-0.15, -0.1) is 0 Å². The van der Waals surface area contributed by atoms with E-state index in [9.17, 15) is 23.6 Å². The Morgan fingerprint density at radius 1 is 0.979 bits per heavy atom. The maximum Gasteiger partial charge on any atom is 0.254 e. The highest BCUT2D eigenvalue weighted by molar-refractivity contribution is 5.98. The molecular formula is C36H49FN5O5+. The minimum Gasteiger partial charge on any atom is -0.484 e. The summed E-state index contributed by atoms with van der Waals surface area (Å²) in [5, 5.41) is 7.71. The fourth-order valence-corrected chi connectivity index (χ4v) is 7.12. The monoisotopic (exact) mass is 650 g/mol. The van der Waals surface area contributed by atoms with Crippen LogP contribution in [-0.4, -0.2) is 84.3 Å². The third kappa shape index (κ3) is 9.09. The molecule has 1 unspecified atom stereocenters. The molecule has 47 heavy (non-hydrogen) atoms. The summed E-state index contributed by atoms with van der Waals surface area (Å²) >= 11 is 0. The number of ether oxygens (including phenoxy) is 1. The molecule has 2 heterocycles. The van der Waals surface area contributed by atoms with Gasteiger partial charge in [-0.1, -0.05) is 19.3 Å². The molecule has 4 N–H and O–H groups in total. The van der Waals surface area contributed by atoms with Gasteiger partial charge in [0.2, 0.25) is 11.8 Å². The second kappa shape index (κ2) is 15.7. The van der Waals surface area contributed by atoms with Gasteiger partial charge in [-0.2, -0.15) is 0 Å². The van der Waals surface area contributed by atoms with Crippen LogP contribution >= 0.6 is 0 Å². The molecule has 5 rings (SSSR count). The number of benzene rings is 2. The molecule has 2 atom stereocenters. The molecule has 2 aliphatic heterocycles. The van der Waals surface area contributed by atoms with Gasteiger partial charge in [0.15, 0.2) is 6.10 Å². The zero-order chi connectivity index (χ0) is 33.5. The molecular weight excluding hydrogens is 601 g/mol. The van der Waals surface area contributed by atoms with Gasteiger partial charge in [-0.25, -0.2) is 4.39 Å². The van der Waals surface area contributed by atoms with Gasteiger partial charge in [0.25, 0.3) is 11.8 Å². The number of nitrogens with one attached hydrogen (secondary N) is 2. The van der Waals surface area contributed by atoms with Crippen LogP contribution in [0.2, 0.25) is 0 Å². The lowest BCUT2D eigenvalue weighted by Crippen LogP contribution is -2.81. The molecule has 1 aliphatic carbocycles. The summed E-state index contributed by atoms with van der Waals surface area (Å²) in [5.41, 5.74) is 1.99. The molecule has 4 amide bonds. The molecule has 1 saturated carbocycles. The fraction of sp³-hybridized carbons (Fsp3) is 0.556. The van der Waals surface area contributed by atoms with Crippen molar-refractivity contribution in [1.82, 2.24) is 15.1 Å². The first-order chi connectivity index (χ1) is 22.6. The molecule has 0 bridgehead atoms. The number of carbonyl (C=O) groups is 4. The Labute approximate surface area is 276 Å². The van der Waals surface area contributed by atoms with Crippen molar-refractivity contribution in [1.29, 1.82) is 0 Å². The molecule has 2 aromatic rings. The fourth-order valence-electron chi connectivity index (χ4n) is 7.12. The van der Waals surface area contributed by atoms with Crippen LogP contribution in [-0.2, 0) is 9.59 Å². The van der Waals surface area contributed by atoms with Crippen LogP contribution in [0.15, 0.2) is 36.4 Å². The van der Waals surface area contributed by atoms with E-state index in [1.807, 2.05) is 32.0 Å². The SMILES string of the molecule is CC(=O)Nc1cc(F)cc(C(=O)N2CCN(C(=O)c3ccc(O[C@H]4CC[NH2+]C4)c(C4CCCCC4)c3)C(CCC(=O)NC(C)C)C2)c1. The number of piperazine rings is 1.